The summed E-state index contributed by atoms with van der Waals surface area (Å²) >= 11 is 0. The van der Waals surface area contributed by atoms with Crippen LogP contribution in [0.25, 0.3) is 22.1 Å². The Kier molecular flexibility index (Phi) is 2.37. The summed E-state index contributed by atoms with van der Waals surface area (Å²) in [5, 5.41) is 11.7. The second-order valence-electron chi connectivity index (χ2n) is 4.71. The lowest BCUT2D eigenvalue weighted by atomic mass is 10.2. The van der Waals surface area contributed by atoms with Crippen molar-refractivity contribution in [2.75, 3.05) is 0 Å². The Bertz CT molecular complexity index is 1010. The van der Waals surface area contributed by atoms with Crippen molar-refractivity contribution >= 4 is 22.1 Å². The highest BCUT2D eigenvalue weighted by molar-refractivity contribution is 5.74. The number of benzene rings is 1. The van der Waals surface area contributed by atoms with Crippen LogP contribution in [0.1, 0.15) is 11.3 Å². The first kappa shape index (κ1) is 11.8. The molecule has 0 fully saturated rings. The van der Waals surface area contributed by atoms with Crippen molar-refractivity contribution in [1.82, 2.24) is 25.0 Å². The SMILES string of the molecule is Cc1noc2ncn(Cc3ccc4nonc4c3)c(=O)c12. The molecular weight excluding hydrogens is 274 g/mol. The van der Waals surface area contributed by atoms with Crippen molar-refractivity contribution in [3.8, 4) is 0 Å². The molecule has 0 unspecified atom stereocenters. The highest BCUT2D eigenvalue weighted by atomic mass is 16.6. The summed E-state index contributed by atoms with van der Waals surface area (Å²) in [6, 6.07) is 5.48. The minimum Gasteiger partial charge on any atom is -0.335 e. The maximum atomic E-state index is 12.4. The standard InChI is InChI=1S/C13H9N5O3/c1-7-11-12(20-15-7)14-6-18(13(11)19)5-8-2-3-9-10(4-8)17-21-16-9/h2-4,6H,5H2,1H3. The van der Waals surface area contributed by atoms with Gasteiger partial charge in [0.05, 0.1) is 12.2 Å². The van der Waals surface area contributed by atoms with Gasteiger partial charge < -0.3 is 4.52 Å². The maximum Gasteiger partial charge on any atom is 0.266 e. The first-order valence-corrected chi connectivity index (χ1v) is 6.25. The van der Waals surface area contributed by atoms with Crippen molar-refractivity contribution in [2.45, 2.75) is 13.5 Å². The molecule has 0 aliphatic carbocycles. The topological polar surface area (TPSA) is 99.8 Å². The Morgan fingerprint density at radius 3 is 2.95 bits per heavy atom. The molecule has 0 amide bonds. The fourth-order valence-corrected chi connectivity index (χ4v) is 2.25. The van der Waals surface area contributed by atoms with Gasteiger partial charge in [-0.2, -0.15) is 0 Å². The summed E-state index contributed by atoms with van der Waals surface area (Å²) in [5.41, 5.74) is 2.83. The van der Waals surface area contributed by atoms with Crippen LogP contribution in [-0.2, 0) is 6.54 Å². The van der Waals surface area contributed by atoms with Gasteiger partial charge in [-0.15, -0.1) is 0 Å². The average Bonchev–Trinajstić information content (AvgIpc) is 3.08. The number of hydrogen-bond donors (Lipinski definition) is 0. The molecule has 21 heavy (non-hydrogen) atoms. The van der Waals surface area contributed by atoms with Gasteiger partial charge in [0, 0.05) is 0 Å². The van der Waals surface area contributed by atoms with E-state index < -0.39 is 0 Å². The zero-order chi connectivity index (χ0) is 14.4. The van der Waals surface area contributed by atoms with E-state index in [2.05, 4.69) is 25.1 Å². The van der Waals surface area contributed by atoms with Crippen molar-refractivity contribution < 1.29 is 9.15 Å². The van der Waals surface area contributed by atoms with Crippen LogP contribution in [0.5, 0.6) is 0 Å². The highest BCUT2D eigenvalue weighted by Gasteiger charge is 2.12. The lowest BCUT2D eigenvalue weighted by Gasteiger charge is -2.04. The maximum absolute atomic E-state index is 12.4. The van der Waals surface area contributed by atoms with Crippen molar-refractivity contribution in [3.05, 3.63) is 46.1 Å². The first-order chi connectivity index (χ1) is 10.2. The third kappa shape index (κ3) is 1.80. The fourth-order valence-electron chi connectivity index (χ4n) is 2.25. The van der Waals surface area contributed by atoms with Gasteiger partial charge in [-0.1, -0.05) is 11.2 Å². The molecule has 0 N–H and O–H groups in total. The lowest BCUT2D eigenvalue weighted by Crippen LogP contribution is -2.21. The summed E-state index contributed by atoms with van der Waals surface area (Å²) in [5.74, 6) is 0. The van der Waals surface area contributed by atoms with Gasteiger partial charge >= 0.3 is 0 Å². The highest BCUT2D eigenvalue weighted by Crippen LogP contribution is 2.13. The van der Waals surface area contributed by atoms with E-state index in [1.165, 1.54) is 10.9 Å². The minimum absolute atomic E-state index is 0.183. The molecule has 0 spiro atoms. The number of hydrogen-bond acceptors (Lipinski definition) is 7. The van der Waals surface area contributed by atoms with E-state index >= 15 is 0 Å². The molecule has 8 heteroatoms. The third-order valence-corrected chi connectivity index (χ3v) is 3.30. The molecule has 104 valence electrons. The molecule has 3 aromatic heterocycles. The van der Waals surface area contributed by atoms with Crippen LogP contribution in [-0.4, -0.2) is 25.0 Å². The number of aryl methyl sites for hydroxylation is 1. The van der Waals surface area contributed by atoms with E-state index in [4.69, 9.17) is 4.52 Å². The zero-order valence-corrected chi connectivity index (χ0v) is 11.0. The predicted molar refractivity (Wildman–Crippen MR) is 71.7 cm³/mol. The van der Waals surface area contributed by atoms with Crippen molar-refractivity contribution in [1.29, 1.82) is 0 Å². The van der Waals surface area contributed by atoms with Crippen molar-refractivity contribution in [2.24, 2.45) is 0 Å². The van der Waals surface area contributed by atoms with Gasteiger partial charge in [0.2, 0.25) is 0 Å². The monoisotopic (exact) mass is 283 g/mol. The third-order valence-electron chi connectivity index (χ3n) is 3.30. The summed E-state index contributed by atoms with van der Waals surface area (Å²) in [7, 11) is 0. The molecule has 0 aliphatic heterocycles. The summed E-state index contributed by atoms with van der Waals surface area (Å²) in [4.78, 5) is 16.5. The predicted octanol–water partition coefficient (Wildman–Crippen LogP) is 1.28. The molecular formula is C13H9N5O3. The molecule has 3 heterocycles. The van der Waals surface area contributed by atoms with E-state index in [0.29, 0.717) is 28.7 Å². The number of fused-ring (bicyclic) bond motifs is 2. The molecule has 4 aromatic rings. The Morgan fingerprint density at radius 1 is 1.19 bits per heavy atom. The smallest absolute Gasteiger partial charge is 0.266 e. The van der Waals surface area contributed by atoms with E-state index in [-0.39, 0.29) is 11.3 Å². The van der Waals surface area contributed by atoms with Gasteiger partial charge in [0.15, 0.2) is 0 Å². The number of nitrogens with zero attached hydrogens (tertiary/aromatic N) is 5. The Labute approximate surface area is 116 Å². The van der Waals surface area contributed by atoms with Crippen LogP contribution >= 0.6 is 0 Å². The second kappa shape index (κ2) is 4.23. The lowest BCUT2D eigenvalue weighted by molar-refractivity contribution is 0.315. The Hall–Kier alpha value is -3.03. The molecule has 4 rings (SSSR count). The van der Waals surface area contributed by atoms with Gasteiger partial charge in [0.1, 0.15) is 22.7 Å². The average molecular weight is 283 g/mol. The van der Waals surface area contributed by atoms with E-state index in [0.717, 1.165) is 5.56 Å². The molecule has 0 saturated carbocycles. The van der Waals surface area contributed by atoms with Gasteiger partial charge in [0.25, 0.3) is 11.3 Å². The van der Waals surface area contributed by atoms with Gasteiger partial charge in [-0.05, 0) is 34.9 Å². The molecule has 0 bridgehead atoms. The van der Waals surface area contributed by atoms with Crippen LogP contribution in [0.15, 0.2) is 38.5 Å². The summed E-state index contributed by atoms with van der Waals surface area (Å²) < 4.78 is 11.1. The van der Waals surface area contributed by atoms with Gasteiger partial charge in [-0.25, -0.2) is 9.61 Å². The van der Waals surface area contributed by atoms with E-state index in [9.17, 15) is 4.79 Å². The molecule has 8 nitrogen and oxygen atoms in total. The molecule has 1 aromatic carbocycles. The first-order valence-electron chi connectivity index (χ1n) is 6.25. The van der Waals surface area contributed by atoms with Crippen LogP contribution in [0, 0.1) is 6.92 Å². The van der Waals surface area contributed by atoms with Gasteiger partial charge in [-0.3, -0.25) is 9.36 Å². The molecule has 0 atom stereocenters. The quantitative estimate of drug-likeness (QED) is 0.546. The van der Waals surface area contributed by atoms with Crippen molar-refractivity contribution in [3.63, 3.8) is 0 Å². The molecule has 0 aliphatic rings. The Balaban J connectivity index is 1.81. The van der Waals surface area contributed by atoms with Crippen LogP contribution < -0.4 is 5.56 Å². The second-order valence-corrected chi connectivity index (χ2v) is 4.71. The van der Waals surface area contributed by atoms with Crippen LogP contribution in [0.2, 0.25) is 0 Å². The normalized spacial score (nSPS) is 11.5. The zero-order valence-electron chi connectivity index (χ0n) is 11.0. The van der Waals surface area contributed by atoms with Crippen LogP contribution in [0.3, 0.4) is 0 Å². The number of rotatable bonds is 2. The number of aromatic nitrogens is 5. The van der Waals surface area contributed by atoms with E-state index in [1.54, 1.807) is 13.0 Å². The molecule has 0 radical (unpaired) electrons. The Morgan fingerprint density at radius 2 is 2.05 bits per heavy atom. The molecule has 0 saturated heterocycles. The largest absolute Gasteiger partial charge is 0.335 e. The summed E-state index contributed by atoms with van der Waals surface area (Å²) in [6.45, 7) is 2.08. The summed E-state index contributed by atoms with van der Waals surface area (Å²) in [6.07, 6.45) is 1.44. The van der Waals surface area contributed by atoms with E-state index in [1.807, 2.05) is 12.1 Å². The minimum atomic E-state index is -0.183. The van der Waals surface area contributed by atoms with Crippen LogP contribution in [0.4, 0.5) is 0 Å². The fraction of sp³-hybridized carbons (Fsp3) is 0.154.